The van der Waals surface area contributed by atoms with Crippen LogP contribution in [0.2, 0.25) is 0 Å². The third-order valence-electron chi connectivity index (χ3n) is 4.15. The molecule has 0 aliphatic heterocycles. The van der Waals surface area contributed by atoms with Crippen molar-refractivity contribution in [2.45, 2.75) is 40.0 Å². The van der Waals surface area contributed by atoms with Gasteiger partial charge in [0, 0.05) is 10.2 Å². The van der Waals surface area contributed by atoms with Crippen molar-refractivity contribution in [3.63, 3.8) is 0 Å². The van der Waals surface area contributed by atoms with E-state index in [1.807, 2.05) is 31.2 Å². The second-order valence-electron chi connectivity index (χ2n) is 6.21. The summed E-state index contributed by atoms with van der Waals surface area (Å²) in [6, 6.07) is 11.5. The number of rotatable bonds is 7. The predicted molar refractivity (Wildman–Crippen MR) is 119 cm³/mol. The fourth-order valence-electron chi connectivity index (χ4n) is 2.65. The van der Waals surface area contributed by atoms with Gasteiger partial charge in [-0.05, 0) is 61.3 Å². The van der Waals surface area contributed by atoms with E-state index in [-0.39, 0.29) is 11.0 Å². The van der Waals surface area contributed by atoms with Crippen LogP contribution in [-0.2, 0) is 6.42 Å². The highest BCUT2D eigenvalue weighted by Crippen LogP contribution is 2.24. The van der Waals surface area contributed by atoms with Crippen molar-refractivity contribution < 1.29 is 9.53 Å². The fraction of sp³-hybridized carbons (Fsp3) is 0.333. The minimum Gasteiger partial charge on any atom is -0.493 e. The SMILES string of the molecule is CCCCOc1ccc(Br)cc1C(=O)NC(=S)Nc1c(C)cccc1CC. The van der Waals surface area contributed by atoms with Crippen LogP contribution >= 0.6 is 28.1 Å². The number of anilines is 1. The van der Waals surface area contributed by atoms with Gasteiger partial charge in [-0.3, -0.25) is 10.1 Å². The number of halogens is 1. The van der Waals surface area contributed by atoms with Gasteiger partial charge in [-0.25, -0.2) is 0 Å². The largest absolute Gasteiger partial charge is 0.493 e. The Hall–Kier alpha value is -1.92. The number of aryl methyl sites for hydroxylation is 2. The molecule has 1 amide bonds. The Kier molecular flexibility index (Phi) is 8.25. The summed E-state index contributed by atoms with van der Waals surface area (Å²) < 4.78 is 6.57. The van der Waals surface area contributed by atoms with Crippen LogP contribution in [-0.4, -0.2) is 17.6 Å². The second-order valence-corrected chi connectivity index (χ2v) is 7.54. The van der Waals surface area contributed by atoms with Crippen LogP contribution in [0.15, 0.2) is 40.9 Å². The van der Waals surface area contributed by atoms with Crippen LogP contribution in [0.25, 0.3) is 0 Å². The van der Waals surface area contributed by atoms with Gasteiger partial charge in [0.25, 0.3) is 5.91 Å². The van der Waals surface area contributed by atoms with E-state index in [0.717, 1.165) is 40.5 Å². The van der Waals surface area contributed by atoms with Crippen molar-refractivity contribution in [3.8, 4) is 5.75 Å². The highest BCUT2D eigenvalue weighted by Gasteiger charge is 2.16. The van der Waals surface area contributed by atoms with Crippen LogP contribution in [0.4, 0.5) is 5.69 Å². The van der Waals surface area contributed by atoms with E-state index in [1.165, 1.54) is 0 Å². The zero-order chi connectivity index (χ0) is 19.8. The van der Waals surface area contributed by atoms with Crippen molar-refractivity contribution in [2.75, 3.05) is 11.9 Å². The smallest absolute Gasteiger partial charge is 0.261 e. The molecule has 2 N–H and O–H groups in total. The van der Waals surface area contributed by atoms with Gasteiger partial charge in [0.2, 0.25) is 0 Å². The van der Waals surface area contributed by atoms with Gasteiger partial charge in [-0.2, -0.15) is 0 Å². The Morgan fingerprint density at radius 1 is 1.22 bits per heavy atom. The summed E-state index contributed by atoms with van der Waals surface area (Å²) in [6.07, 6.45) is 2.84. The molecule has 0 saturated heterocycles. The number of amides is 1. The first-order valence-corrected chi connectivity index (χ1v) is 10.3. The van der Waals surface area contributed by atoms with E-state index in [1.54, 1.807) is 12.1 Å². The molecule has 0 bridgehead atoms. The normalized spacial score (nSPS) is 10.4. The number of carbonyl (C=O) groups is 1. The zero-order valence-electron chi connectivity index (χ0n) is 15.9. The van der Waals surface area contributed by atoms with Gasteiger partial charge in [0.05, 0.1) is 12.2 Å². The summed E-state index contributed by atoms with van der Waals surface area (Å²) in [5.41, 5.74) is 3.62. The number of hydrogen-bond donors (Lipinski definition) is 2. The molecule has 2 aromatic rings. The van der Waals surface area contributed by atoms with E-state index in [9.17, 15) is 4.79 Å². The first-order chi connectivity index (χ1) is 13.0. The highest BCUT2D eigenvalue weighted by atomic mass is 79.9. The standard InChI is InChI=1S/C21H25BrN2O2S/c1-4-6-12-26-18-11-10-16(22)13-17(18)20(25)24-21(27)23-19-14(3)8-7-9-15(19)5-2/h7-11,13H,4-6,12H2,1-3H3,(H2,23,24,25,27). The minimum atomic E-state index is -0.299. The maximum atomic E-state index is 12.8. The maximum Gasteiger partial charge on any atom is 0.261 e. The molecule has 144 valence electrons. The van der Waals surface area contributed by atoms with Crippen molar-refractivity contribution in [1.29, 1.82) is 0 Å². The van der Waals surface area contributed by atoms with Crippen LogP contribution in [0.3, 0.4) is 0 Å². The van der Waals surface area contributed by atoms with Gasteiger partial charge >= 0.3 is 0 Å². The Labute approximate surface area is 174 Å². The lowest BCUT2D eigenvalue weighted by Crippen LogP contribution is -2.34. The lowest BCUT2D eigenvalue weighted by molar-refractivity contribution is 0.0973. The molecule has 0 aliphatic carbocycles. The third-order valence-corrected chi connectivity index (χ3v) is 4.84. The average molecular weight is 449 g/mol. The molecule has 0 saturated carbocycles. The first-order valence-electron chi connectivity index (χ1n) is 9.09. The number of unbranched alkanes of at least 4 members (excludes halogenated alkanes) is 1. The van der Waals surface area contributed by atoms with E-state index >= 15 is 0 Å². The van der Waals surface area contributed by atoms with E-state index in [0.29, 0.717) is 17.9 Å². The average Bonchev–Trinajstić information content (AvgIpc) is 2.64. The summed E-state index contributed by atoms with van der Waals surface area (Å²) in [4.78, 5) is 12.8. The molecule has 0 heterocycles. The van der Waals surface area contributed by atoms with Crippen LogP contribution in [0.1, 0.15) is 48.2 Å². The zero-order valence-corrected chi connectivity index (χ0v) is 18.3. The summed E-state index contributed by atoms with van der Waals surface area (Å²) in [5.74, 6) is 0.254. The van der Waals surface area contributed by atoms with E-state index in [2.05, 4.69) is 40.4 Å². The molecule has 6 heteroatoms. The Balaban J connectivity index is 2.13. The molecule has 0 spiro atoms. The molecule has 0 unspecified atom stereocenters. The third kappa shape index (κ3) is 6.04. The van der Waals surface area contributed by atoms with Crippen molar-refractivity contribution in [3.05, 3.63) is 57.6 Å². The monoisotopic (exact) mass is 448 g/mol. The Morgan fingerprint density at radius 2 is 2.00 bits per heavy atom. The van der Waals surface area contributed by atoms with Crippen LogP contribution in [0.5, 0.6) is 5.75 Å². The highest BCUT2D eigenvalue weighted by molar-refractivity contribution is 9.10. The molecular formula is C21H25BrN2O2S. The molecule has 0 radical (unpaired) electrons. The van der Waals surface area contributed by atoms with Gasteiger partial charge in [0.1, 0.15) is 5.75 Å². The van der Waals surface area contributed by atoms with Crippen molar-refractivity contribution in [1.82, 2.24) is 5.32 Å². The number of carbonyl (C=O) groups excluding carboxylic acids is 1. The van der Waals surface area contributed by atoms with Crippen LogP contribution < -0.4 is 15.4 Å². The fourth-order valence-corrected chi connectivity index (χ4v) is 3.21. The topological polar surface area (TPSA) is 50.4 Å². The number of hydrogen-bond acceptors (Lipinski definition) is 3. The molecule has 2 rings (SSSR count). The summed E-state index contributed by atoms with van der Waals surface area (Å²) in [5, 5.41) is 6.19. The molecule has 2 aromatic carbocycles. The van der Waals surface area contributed by atoms with Crippen molar-refractivity contribution in [2.24, 2.45) is 0 Å². The Morgan fingerprint density at radius 3 is 2.70 bits per heavy atom. The quantitative estimate of drug-likeness (QED) is 0.425. The second kappa shape index (κ2) is 10.4. The number of thiocarbonyl (C=S) groups is 1. The predicted octanol–water partition coefficient (Wildman–Crippen LogP) is 5.63. The first kappa shape index (κ1) is 21.4. The van der Waals surface area contributed by atoms with E-state index < -0.39 is 0 Å². The van der Waals surface area contributed by atoms with Gasteiger partial charge in [-0.1, -0.05) is 54.4 Å². The summed E-state index contributed by atoms with van der Waals surface area (Å²) in [7, 11) is 0. The summed E-state index contributed by atoms with van der Waals surface area (Å²) in [6.45, 7) is 6.77. The van der Waals surface area contributed by atoms with Crippen molar-refractivity contribution >= 4 is 44.9 Å². The van der Waals surface area contributed by atoms with Crippen LogP contribution in [0, 0.1) is 6.92 Å². The summed E-state index contributed by atoms with van der Waals surface area (Å²) >= 11 is 8.78. The van der Waals surface area contributed by atoms with Gasteiger partial charge in [0.15, 0.2) is 5.11 Å². The molecule has 0 atom stereocenters. The number of para-hydroxylation sites is 1. The molecule has 0 aromatic heterocycles. The number of benzene rings is 2. The molecule has 0 aliphatic rings. The van der Waals surface area contributed by atoms with Gasteiger partial charge in [-0.15, -0.1) is 0 Å². The number of ether oxygens (including phenoxy) is 1. The lowest BCUT2D eigenvalue weighted by atomic mass is 10.1. The number of nitrogens with one attached hydrogen (secondary N) is 2. The van der Waals surface area contributed by atoms with Gasteiger partial charge < -0.3 is 10.1 Å². The molecular weight excluding hydrogens is 424 g/mol. The maximum absolute atomic E-state index is 12.8. The van der Waals surface area contributed by atoms with E-state index in [4.69, 9.17) is 17.0 Å². The Bertz CT molecular complexity index is 824. The minimum absolute atomic E-state index is 0.267. The molecule has 0 fully saturated rings. The molecule has 27 heavy (non-hydrogen) atoms. The molecule has 4 nitrogen and oxygen atoms in total. The lowest BCUT2D eigenvalue weighted by Gasteiger charge is -2.16.